The minimum absolute atomic E-state index is 0.136. The number of anilines is 1. The first-order valence-electron chi connectivity index (χ1n) is 12.0. The van der Waals surface area contributed by atoms with Gasteiger partial charge in [0.05, 0.1) is 44.7 Å². The number of imide groups is 1. The standard InChI is InChI=1S/C26H25FN6O2S/c1-3-26(28-2)9-10-33(13-18(26)27)25-30-16-7-5-4-6-14(16)21(31-25)20-19(23(34)32-24(20)35)15-12-29-17-8-11-36-22(15)17/h4-8,11-12,18,28-29H,3,9-10,13H2,1-2H3,(H,32,34,35). The van der Waals surface area contributed by atoms with Gasteiger partial charge in [-0.15, -0.1) is 11.3 Å². The summed E-state index contributed by atoms with van der Waals surface area (Å²) in [5.74, 6) is -0.614. The summed E-state index contributed by atoms with van der Waals surface area (Å²) < 4.78 is 16.2. The molecule has 3 N–H and O–H groups in total. The average Bonchev–Trinajstić information content (AvgIpc) is 3.58. The minimum Gasteiger partial charge on any atom is -0.360 e. The molecule has 0 saturated carbocycles. The van der Waals surface area contributed by atoms with Gasteiger partial charge in [0.2, 0.25) is 5.95 Å². The zero-order chi connectivity index (χ0) is 25.0. The van der Waals surface area contributed by atoms with Gasteiger partial charge in [-0.2, -0.15) is 0 Å². The SMILES string of the molecule is CCC1(NC)CCN(c2nc(C3=C(c4c[nH]c5ccsc45)C(=O)NC3=O)c3ccccc3n2)CC1F. The van der Waals surface area contributed by atoms with E-state index in [2.05, 4.69) is 15.6 Å². The van der Waals surface area contributed by atoms with Gasteiger partial charge in [0.25, 0.3) is 11.8 Å². The van der Waals surface area contributed by atoms with E-state index in [0.29, 0.717) is 47.5 Å². The van der Waals surface area contributed by atoms with Crippen LogP contribution in [0.1, 0.15) is 31.0 Å². The third-order valence-corrected chi connectivity index (χ3v) is 8.48. The molecule has 0 radical (unpaired) electrons. The van der Waals surface area contributed by atoms with Crippen molar-refractivity contribution >= 4 is 61.4 Å². The number of aromatic amines is 1. The Morgan fingerprint density at radius 2 is 2.00 bits per heavy atom. The third-order valence-electron chi connectivity index (χ3n) is 7.53. The van der Waals surface area contributed by atoms with Crippen molar-refractivity contribution in [2.24, 2.45) is 0 Å². The molecule has 6 rings (SSSR count). The second kappa shape index (κ2) is 8.49. The van der Waals surface area contributed by atoms with E-state index in [1.165, 1.54) is 11.3 Å². The number of H-pyrrole nitrogens is 1. The van der Waals surface area contributed by atoms with Gasteiger partial charge < -0.3 is 15.2 Å². The lowest BCUT2D eigenvalue weighted by molar-refractivity contribution is -0.122. The molecule has 2 amide bonds. The fraction of sp³-hybridized carbons (Fsp3) is 0.308. The number of amides is 2. The summed E-state index contributed by atoms with van der Waals surface area (Å²) >= 11 is 1.50. The summed E-state index contributed by atoms with van der Waals surface area (Å²) in [4.78, 5) is 40.7. The van der Waals surface area contributed by atoms with Gasteiger partial charge in [-0.25, -0.2) is 14.4 Å². The molecule has 1 saturated heterocycles. The van der Waals surface area contributed by atoms with E-state index in [4.69, 9.17) is 9.97 Å². The van der Waals surface area contributed by atoms with Crippen molar-refractivity contribution < 1.29 is 14.0 Å². The molecule has 5 heterocycles. The molecular formula is C26H25FN6O2S. The summed E-state index contributed by atoms with van der Waals surface area (Å²) in [6, 6.07) is 9.31. The van der Waals surface area contributed by atoms with Gasteiger partial charge in [-0.05, 0) is 37.4 Å². The lowest BCUT2D eigenvalue weighted by atomic mass is 9.83. The van der Waals surface area contributed by atoms with Crippen molar-refractivity contribution in [1.82, 2.24) is 25.6 Å². The van der Waals surface area contributed by atoms with Crippen LogP contribution in [0.2, 0.25) is 0 Å². The van der Waals surface area contributed by atoms with Gasteiger partial charge in [-0.3, -0.25) is 14.9 Å². The lowest BCUT2D eigenvalue weighted by Gasteiger charge is -2.44. The van der Waals surface area contributed by atoms with Crippen LogP contribution in [0.15, 0.2) is 41.9 Å². The molecule has 1 fully saturated rings. The molecule has 4 aromatic rings. The van der Waals surface area contributed by atoms with Crippen LogP contribution < -0.4 is 15.5 Å². The van der Waals surface area contributed by atoms with Crippen LogP contribution >= 0.6 is 11.3 Å². The fourth-order valence-electron chi connectivity index (χ4n) is 5.36. The van der Waals surface area contributed by atoms with Gasteiger partial charge in [0, 0.05) is 23.7 Å². The number of aromatic nitrogens is 3. The molecule has 2 aliphatic heterocycles. The number of carbonyl (C=O) groups excluding carboxylic acids is 2. The number of thiophene rings is 1. The summed E-state index contributed by atoms with van der Waals surface area (Å²) in [5, 5.41) is 8.22. The smallest absolute Gasteiger partial charge is 0.261 e. The van der Waals surface area contributed by atoms with Crippen molar-refractivity contribution in [3.05, 3.63) is 53.2 Å². The number of piperidine rings is 1. The molecule has 3 aromatic heterocycles. The monoisotopic (exact) mass is 504 g/mol. The van der Waals surface area contributed by atoms with E-state index < -0.39 is 23.5 Å². The first kappa shape index (κ1) is 22.8. The van der Waals surface area contributed by atoms with E-state index in [9.17, 15) is 9.59 Å². The maximum Gasteiger partial charge on any atom is 0.261 e. The minimum atomic E-state index is -1.11. The molecule has 0 spiro atoms. The number of rotatable bonds is 5. The second-order valence-corrected chi connectivity index (χ2v) is 10.1. The molecule has 2 unspecified atom stereocenters. The highest BCUT2D eigenvalue weighted by Gasteiger charge is 2.42. The van der Waals surface area contributed by atoms with Crippen molar-refractivity contribution in [2.45, 2.75) is 31.5 Å². The molecule has 0 bridgehead atoms. The quantitative estimate of drug-likeness (QED) is 0.359. The van der Waals surface area contributed by atoms with E-state index in [1.54, 1.807) is 13.2 Å². The topological polar surface area (TPSA) is 103 Å². The van der Waals surface area contributed by atoms with E-state index in [-0.39, 0.29) is 17.7 Å². The van der Waals surface area contributed by atoms with Crippen LogP contribution in [0.3, 0.4) is 0 Å². The highest BCUT2D eigenvalue weighted by molar-refractivity contribution is 7.17. The molecule has 2 atom stereocenters. The summed E-state index contributed by atoms with van der Waals surface area (Å²) in [5.41, 5.74) is 2.47. The predicted molar refractivity (Wildman–Crippen MR) is 139 cm³/mol. The first-order chi connectivity index (χ1) is 17.5. The van der Waals surface area contributed by atoms with Crippen molar-refractivity contribution in [3.8, 4) is 0 Å². The van der Waals surface area contributed by atoms with Crippen molar-refractivity contribution in [3.63, 3.8) is 0 Å². The Morgan fingerprint density at radius 1 is 1.19 bits per heavy atom. The number of nitrogens with one attached hydrogen (secondary N) is 3. The number of nitrogens with zero attached hydrogens (tertiary/aromatic N) is 3. The molecule has 1 aromatic carbocycles. The third kappa shape index (κ3) is 3.35. The van der Waals surface area contributed by atoms with Gasteiger partial charge in [0.15, 0.2) is 0 Å². The Balaban J connectivity index is 1.53. The lowest BCUT2D eigenvalue weighted by Crippen LogP contribution is -2.60. The molecule has 10 heteroatoms. The number of benzene rings is 1. The summed E-state index contributed by atoms with van der Waals surface area (Å²) in [6.07, 6.45) is 1.91. The Hall–Kier alpha value is -3.63. The highest BCUT2D eigenvalue weighted by atomic mass is 32.1. The van der Waals surface area contributed by atoms with Crippen LogP contribution in [0.5, 0.6) is 0 Å². The predicted octanol–water partition coefficient (Wildman–Crippen LogP) is 3.66. The van der Waals surface area contributed by atoms with Gasteiger partial charge >= 0.3 is 0 Å². The number of hydrogen-bond donors (Lipinski definition) is 3. The van der Waals surface area contributed by atoms with E-state index >= 15 is 4.39 Å². The number of halogens is 1. The van der Waals surface area contributed by atoms with E-state index in [0.717, 1.165) is 10.2 Å². The van der Waals surface area contributed by atoms with Crippen LogP contribution in [0.4, 0.5) is 10.3 Å². The van der Waals surface area contributed by atoms with Crippen LogP contribution in [0, 0.1) is 0 Å². The fourth-order valence-corrected chi connectivity index (χ4v) is 6.24. The molecule has 2 aliphatic rings. The van der Waals surface area contributed by atoms with Gasteiger partial charge in [0.1, 0.15) is 6.17 Å². The number of para-hydroxylation sites is 1. The zero-order valence-corrected chi connectivity index (χ0v) is 20.7. The maximum atomic E-state index is 15.4. The average molecular weight is 505 g/mol. The van der Waals surface area contributed by atoms with Crippen molar-refractivity contribution in [2.75, 3.05) is 25.0 Å². The number of carbonyl (C=O) groups is 2. The maximum absolute atomic E-state index is 15.4. The number of alkyl halides is 1. The van der Waals surface area contributed by atoms with Crippen LogP contribution in [-0.2, 0) is 9.59 Å². The molecular weight excluding hydrogens is 479 g/mol. The molecule has 8 nitrogen and oxygen atoms in total. The normalized spacial score (nSPS) is 22.8. The first-order valence-corrected chi connectivity index (χ1v) is 12.8. The molecule has 184 valence electrons. The number of hydrogen-bond acceptors (Lipinski definition) is 7. The van der Waals surface area contributed by atoms with Crippen LogP contribution in [-0.4, -0.2) is 58.6 Å². The second-order valence-electron chi connectivity index (χ2n) is 9.21. The van der Waals surface area contributed by atoms with Crippen LogP contribution in [0.25, 0.3) is 32.3 Å². The zero-order valence-electron chi connectivity index (χ0n) is 19.9. The Kier molecular flexibility index (Phi) is 5.38. The molecule has 0 aliphatic carbocycles. The summed E-state index contributed by atoms with van der Waals surface area (Å²) in [7, 11) is 1.80. The van der Waals surface area contributed by atoms with Crippen molar-refractivity contribution in [1.29, 1.82) is 0 Å². The van der Waals surface area contributed by atoms with Gasteiger partial charge in [-0.1, -0.05) is 25.1 Å². The molecule has 36 heavy (non-hydrogen) atoms. The summed E-state index contributed by atoms with van der Waals surface area (Å²) in [6.45, 7) is 2.69. The Bertz CT molecular complexity index is 1550. The highest BCUT2D eigenvalue weighted by Crippen LogP contribution is 2.39. The Labute approximate surface area is 210 Å². The number of fused-ring (bicyclic) bond motifs is 2. The Morgan fingerprint density at radius 3 is 2.78 bits per heavy atom. The largest absolute Gasteiger partial charge is 0.360 e. The van der Waals surface area contributed by atoms with E-state index in [1.807, 2.05) is 47.5 Å².